The molecule has 0 atom stereocenters. The lowest BCUT2D eigenvalue weighted by Crippen LogP contribution is -2.34. The van der Waals surface area contributed by atoms with Gasteiger partial charge in [-0.05, 0) is 36.9 Å². The number of halogens is 3. The van der Waals surface area contributed by atoms with E-state index in [1.807, 2.05) is 0 Å². The molecule has 2 heterocycles. The largest absolute Gasteiger partial charge is 0.465 e. The van der Waals surface area contributed by atoms with Crippen LogP contribution >= 0.6 is 11.8 Å². The Balaban J connectivity index is 1.84. The van der Waals surface area contributed by atoms with Crippen molar-refractivity contribution >= 4 is 35.0 Å². The molecule has 1 fully saturated rings. The molecular weight excluding hydrogens is 411 g/mol. The second-order valence-corrected chi connectivity index (χ2v) is 6.81. The van der Waals surface area contributed by atoms with Crippen LogP contribution in [-0.2, 0) is 20.5 Å². The van der Waals surface area contributed by atoms with E-state index >= 15 is 0 Å². The third-order valence-corrected chi connectivity index (χ3v) is 4.77. The van der Waals surface area contributed by atoms with Crippen molar-refractivity contribution in [1.29, 1.82) is 0 Å². The summed E-state index contributed by atoms with van der Waals surface area (Å²) < 4.78 is 49.7. The van der Waals surface area contributed by atoms with Crippen LogP contribution in [-0.4, -0.2) is 35.2 Å². The number of carbonyl (C=O) groups excluding carboxylic acids is 3. The summed E-state index contributed by atoms with van der Waals surface area (Å²) in [5, 5.41) is -0.650. The molecule has 0 bridgehead atoms. The number of benzene rings is 1. The van der Waals surface area contributed by atoms with Crippen LogP contribution in [0.4, 0.5) is 18.0 Å². The topological polar surface area (TPSA) is 76.8 Å². The maximum atomic E-state index is 13.2. The first-order valence-corrected chi connectivity index (χ1v) is 9.19. The molecule has 29 heavy (non-hydrogen) atoms. The average Bonchev–Trinajstić information content (AvgIpc) is 3.22. The smallest absolute Gasteiger partial charge is 0.417 e. The minimum Gasteiger partial charge on any atom is -0.465 e. The second-order valence-electron chi connectivity index (χ2n) is 5.82. The molecule has 0 radical (unpaired) electrons. The molecule has 0 saturated carbocycles. The van der Waals surface area contributed by atoms with Crippen molar-refractivity contribution in [2.75, 3.05) is 13.2 Å². The van der Waals surface area contributed by atoms with Crippen LogP contribution in [0.3, 0.4) is 0 Å². The van der Waals surface area contributed by atoms with Crippen molar-refractivity contribution in [1.82, 2.24) is 4.90 Å². The van der Waals surface area contributed by atoms with E-state index in [1.165, 1.54) is 36.4 Å². The number of imide groups is 1. The van der Waals surface area contributed by atoms with Crippen molar-refractivity contribution in [3.05, 3.63) is 52.6 Å². The number of ether oxygens (including phenoxy) is 1. The van der Waals surface area contributed by atoms with Gasteiger partial charge in [-0.25, -0.2) is 0 Å². The van der Waals surface area contributed by atoms with Crippen molar-refractivity contribution < 1.29 is 36.7 Å². The molecule has 1 aliphatic rings. The quantitative estimate of drug-likeness (QED) is 0.516. The Kier molecular flexibility index (Phi) is 5.83. The molecule has 3 rings (SSSR count). The fourth-order valence-electron chi connectivity index (χ4n) is 2.62. The van der Waals surface area contributed by atoms with E-state index in [0.29, 0.717) is 11.8 Å². The van der Waals surface area contributed by atoms with E-state index in [1.54, 1.807) is 6.92 Å². The minimum absolute atomic E-state index is 0.00990. The first-order valence-electron chi connectivity index (χ1n) is 8.38. The second kappa shape index (κ2) is 8.16. The van der Waals surface area contributed by atoms with Gasteiger partial charge in [0.1, 0.15) is 18.1 Å². The number of carbonyl (C=O) groups is 3. The van der Waals surface area contributed by atoms with Crippen LogP contribution < -0.4 is 0 Å². The van der Waals surface area contributed by atoms with E-state index in [0.717, 1.165) is 11.0 Å². The summed E-state index contributed by atoms with van der Waals surface area (Å²) in [6, 6.07) is 7.68. The Morgan fingerprint density at radius 1 is 1.21 bits per heavy atom. The SMILES string of the molecule is CCOC(=O)CN1C(=O)S/C(=C\c2ccc(-c3ccccc3C(F)(F)F)o2)C1=O. The molecule has 0 N–H and O–H groups in total. The zero-order valence-corrected chi connectivity index (χ0v) is 15.8. The summed E-state index contributed by atoms with van der Waals surface area (Å²) in [7, 11) is 0. The van der Waals surface area contributed by atoms with Gasteiger partial charge in [-0.3, -0.25) is 19.3 Å². The number of nitrogens with zero attached hydrogens (tertiary/aromatic N) is 1. The summed E-state index contributed by atoms with van der Waals surface area (Å²) >= 11 is 0.600. The van der Waals surface area contributed by atoms with Gasteiger partial charge in [0, 0.05) is 11.6 Å². The predicted octanol–water partition coefficient (Wildman–Crippen LogP) is 4.56. The lowest BCUT2D eigenvalue weighted by molar-refractivity contribution is -0.146. The lowest BCUT2D eigenvalue weighted by Gasteiger charge is -2.10. The zero-order chi connectivity index (χ0) is 21.2. The number of alkyl halides is 3. The summed E-state index contributed by atoms with van der Waals surface area (Å²) in [4.78, 5) is 36.6. The number of rotatable bonds is 5. The van der Waals surface area contributed by atoms with E-state index in [-0.39, 0.29) is 28.6 Å². The van der Waals surface area contributed by atoms with Gasteiger partial charge in [-0.2, -0.15) is 13.2 Å². The number of esters is 1. The molecule has 1 saturated heterocycles. The molecule has 10 heteroatoms. The summed E-state index contributed by atoms with van der Waals surface area (Å²) in [5.41, 5.74) is -0.995. The highest BCUT2D eigenvalue weighted by Gasteiger charge is 2.37. The van der Waals surface area contributed by atoms with Crippen molar-refractivity contribution in [2.45, 2.75) is 13.1 Å². The van der Waals surface area contributed by atoms with Crippen LogP contribution in [0.5, 0.6) is 0 Å². The highest BCUT2D eigenvalue weighted by atomic mass is 32.2. The maximum absolute atomic E-state index is 13.2. The molecule has 1 aromatic carbocycles. The van der Waals surface area contributed by atoms with E-state index < -0.39 is 35.4 Å². The van der Waals surface area contributed by atoms with Crippen LogP contribution in [0.1, 0.15) is 18.2 Å². The van der Waals surface area contributed by atoms with Gasteiger partial charge < -0.3 is 9.15 Å². The molecule has 1 aromatic heterocycles. The maximum Gasteiger partial charge on any atom is 0.417 e. The van der Waals surface area contributed by atoms with Gasteiger partial charge >= 0.3 is 12.1 Å². The number of thioether (sulfide) groups is 1. The van der Waals surface area contributed by atoms with Gasteiger partial charge in [-0.15, -0.1) is 0 Å². The summed E-state index contributed by atoms with van der Waals surface area (Å²) in [5.74, 6) is -1.37. The van der Waals surface area contributed by atoms with Crippen molar-refractivity contribution in [3.8, 4) is 11.3 Å². The molecule has 152 valence electrons. The molecule has 2 amide bonds. The third kappa shape index (κ3) is 4.53. The molecule has 6 nitrogen and oxygen atoms in total. The minimum atomic E-state index is -4.56. The fourth-order valence-corrected chi connectivity index (χ4v) is 3.44. The number of hydrogen-bond acceptors (Lipinski definition) is 6. The predicted molar refractivity (Wildman–Crippen MR) is 98.5 cm³/mol. The van der Waals surface area contributed by atoms with Gasteiger partial charge in [0.25, 0.3) is 11.1 Å². The van der Waals surface area contributed by atoms with Crippen molar-refractivity contribution in [3.63, 3.8) is 0 Å². The van der Waals surface area contributed by atoms with Crippen LogP contribution in [0.25, 0.3) is 17.4 Å². The van der Waals surface area contributed by atoms with E-state index in [4.69, 9.17) is 9.15 Å². The first kappa shape index (κ1) is 20.7. The molecule has 1 aliphatic heterocycles. The molecule has 2 aromatic rings. The molecule has 0 aliphatic carbocycles. The van der Waals surface area contributed by atoms with E-state index in [2.05, 4.69) is 0 Å². The first-order chi connectivity index (χ1) is 13.7. The summed E-state index contributed by atoms with van der Waals surface area (Å²) in [6.07, 6.45) is -3.31. The van der Waals surface area contributed by atoms with Gasteiger partial charge in [-0.1, -0.05) is 18.2 Å². The van der Waals surface area contributed by atoms with E-state index in [9.17, 15) is 27.6 Å². The Hall–Kier alpha value is -3.01. The standard InChI is InChI=1S/C19H14F3NO5S/c1-2-27-16(24)10-23-17(25)15(29-18(23)26)9-11-7-8-14(28-11)12-5-3-4-6-13(12)19(20,21)22/h3-9H,2,10H2,1H3/b15-9-. The Morgan fingerprint density at radius 2 is 1.93 bits per heavy atom. The molecule has 0 unspecified atom stereocenters. The normalized spacial score (nSPS) is 16.0. The van der Waals surface area contributed by atoms with Gasteiger partial charge in [0.2, 0.25) is 0 Å². The molecule has 0 spiro atoms. The van der Waals surface area contributed by atoms with Gasteiger partial charge in [0.05, 0.1) is 17.1 Å². The van der Waals surface area contributed by atoms with Gasteiger partial charge in [0.15, 0.2) is 0 Å². The van der Waals surface area contributed by atoms with Crippen LogP contribution in [0, 0.1) is 0 Å². The highest BCUT2D eigenvalue weighted by Crippen LogP contribution is 2.38. The lowest BCUT2D eigenvalue weighted by atomic mass is 10.1. The summed E-state index contributed by atoms with van der Waals surface area (Å²) in [6.45, 7) is 1.19. The number of furan rings is 1. The highest BCUT2D eigenvalue weighted by molar-refractivity contribution is 8.18. The van der Waals surface area contributed by atoms with Crippen molar-refractivity contribution in [2.24, 2.45) is 0 Å². The average molecular weight is 425 g/mol. The Morgan fingerprint density at radius 3 is 2.62 bits per heavy atom. The zero-order valence-electron chi connectivity index (χ0n) is 15.0. The fraction of sp³-hybridized carbons (Fsp3) is 0.211. The third-order valence-electron chi connectivity index (χ3n) is 3.86. The number of amides is 2. The number of hydrogen-bond donors (Lipinski definition) is 0. The molecular formula is C19H14F3NO5S. The Bertz CT molecular complexity index is 996. The van der Waals surface area contributed by atoms with Crippen LogP contribution in [0.15, 0.2) is 45.7 Å². The van der Waals surface area contributed by atoms with Crippen LogP contribution in [0.2, 0.25) is 0 Å². The Labute approximate surface area is 167 Å². The monoisotopic (exact) mass is 425 g/mol.